The first kappa shape index (κ1) is 13.2. The van der Waals surface area contributed by atoms with E-state index in [1.807, 2.05) is 5.38 Å². The van der Waals surface area contributed by atoms with Crippen LogP contribution < -0.4 is 0 Å². The Morgan fingerprint density at radius 3 is 2.75 bits per heavy atom. The molecule has 0 N–H and O–H groups in total. The van der Waals surface area contributed by atoms with Gasteiger partial charge in [-0.25, -0.2) is 9.98 Å². The Labute approximate surface area is 122 Å². The highest BCUT2D eigenvalue weighted by atomic mass is 32.1. The lowest BCUT2D eigenvalue weighted by atomic mass is 9.97. The third kappa shape index (κ3) is 3.02. The summed E-state index contributed by atoms with van der Waals surface area (Å²) in [5, 5.41) is 2.78. The van der Waals surface area contributed by atoms with Crippen molar-refractivity contribution in [3.05, 3.63) is 35.2 Å². The molecule has 2 aromatic rings. The highest BCUT2D eigenvalue weighted by molar-refractivity contribution is 7.13. The van der Waals surface area contributed by atoms with Crippen LogP contribution in [0.4, 0.5) is 5.13 Å². The maximum atomic E-state index is 11.4. The fraction of sp³-hybridized carbons (Fsp3) is 0.312. The third-order valence-electron chi connectivity index (χ3n) is 3.42. The lowest BCUT2D eigenvalue weighted by Crippen LogP contribution is -2.13. The summed E-state index contributed by atoms with van der Waals surface area (Å²) in [6, 6.07) is 8.32. The Morgan fingerprint density at radius 2 is 2.00 bits per heavy atom. The van der Waals surface area contributed by atoms with Crippen LogP contribution in [-0.2, 0) is 4.79 Å². The van der Waals surface area contributed by atoms with Gasteiger partial charge >= 0.3 is 0 Å². The number of hydrogen-bond acceptors (Lipinski definition) is 4. The van der Waals surface area contributed by atoms with Gasteiger partial charge in [0.25, 0.3) is 0 Å². The van der Waals surface area contributed by atoms with Crippen LogP contribution in [0.25, 0.3) is 11.3 Å². The van der Waals surface area contributed by atoms with Crippen LogP contribution in [0.1, 0.15) is 31.2 Å². The molecule has 0 aliphatic heterocycles. The lowest BCUT2D eigenvalue weighted by molar-refractivity contribution is -0.118. The molecule has 4 heteroatoms. The predicted octanol–water partition coefficient (Wildman–Crippen LogP) is 4.33. The van der Waals surface area contributed by atoms with Crippen LogP contribution in [0.5, 0.6) is 0 Å². The van der Waals surface area contributed by atoms with E-state index in [9.17, 15) is 4.79 Å². The van der Waals surface area contributed by atoms with Crippen molar-refractivity contribution in [3.8, 4) is 11.3 Å². The van der Waals surface area contributed by atoms with Crippen molar-refractivity contribution < 1.29 is 4.79 Å². The summed E-state index contributed by atoms with van der Waals surface area (Å²) < 4.78 is 0. The molecule has 1 aliphatic carbocycles. The summed E-state index contributed by atoms with van der Waals surface area (Å²) >= 11 is 1.53. The zero-order valence-electron chi connectivity index (χ0n) is 11.4. The molecule has 0 saturated heterocycles. The number of benzene rings is 1. The average molecular weight is 284 g/mol. The molecular weight excluding hydrogens is 268 g/mol. The topological polar surface area (TPSA) is 42.3 Å². The number of aliphatic imine (C=N–C) groups is 1. The van der Waals surface area contributed by atoms with Gasteiger partial charge in [0, 0.05) is 29.5 Å². The van der Waals surface area contributed by atoms with E-state index in [-0.39, 0.29) is 0 Å². The molecule has 0 unspecified atom stereocenters. The number of Topliss-reactive ketones (excluding diaryl/α,β-unsaturated/α-hetero) is 1. The summed E-state index contributed by atoms with van der Waals surface area (Å²) in [6.45, 7) is 2.07. The summed E-state index contributed by atoms with van der Waals surface area (Å²) in [4.78, 5) is 20.5. The Balaban J connectivity index is 1.81. The minimum atomic E-state index is 0.297. The molecular formula is C16H16N2OS. The van der Waals surface area contributed by atoms with E-state index in [1.54, 1.807) is 0 Å². The molecule has 0 radical (unpaired) electrons. The molecule has 3 rings (SSSR count). The molecule has 0 spiro atoms. The second-order valence-corrected chi connectivity index (χ2v) is 5.96. The van der Waals surface area contributed by atoms with Gasteiger partial charge in [-0.1, -0.05) is 29.8 Å². The van der Waals surface area contributed by atoms with Crippen molar-refractivity contribution in [2.24, 2.45) is 4.99 Å². The maximum Gasteiger partial charge on any atom is 0.209 e. The van der Waals surface area contributed by atoms with E-state index >= 15 is 0 Å². The van der Waals surface area contributed by atoms with Crippen LogP contribution in [0.2, 0.25) is 0 Å². The minimum Gasteiger partial charge on any atom is -0.299 e. The molecule has 1 saturated carbocycles. The van der Waals surface area contributed by atoms with Crippen molar-refractivity contribution in [1.82, 2.24) is 4.98 Å². The summed E-state index contributed by atoms with van der Waals surface area (Å²) in [7, 11) is 0. The van der Waals surface area contributed by atoms with Crippen LogP contribution in [0, 0.1) is 6.92 Å². The molecule has 1 heterocycles. The number of carbonyl (C=O) groups is 1. The number of thiazole rings is 1. The van der Waals surface area contributed by atoms with Crippen LogP contribution >= 0.6 is 11.3 Å². The SMILES string of the molecule is Cc1ccc(-c2csc(N=C3CCCC(=O)C3)n2)cc1. The standard InChI is InChI=1S/C16H16N2OS/c1-11-5-7-12(8-6-11)15-10-20-16(18-15)17-13-3-2-4-14(19)9-13/h5-8,10H,2-4,9H2,1H3. The van der Waals surface area contributed by atoms with Gasteiger partial charge in [0.1, 0.15) is 5.78 Å². The van der Waals surface area contributed by atoms with Gasteiger partial charge < -0.3 is 0 Å². The third-order valence-corrected chi connectivity index (χ3v) is 4.15. The van der Waals surface area contributed by atoms with Gasteiger partial charge in [-0.15, -0.1) is 11.3 Å². The number of hydrogen-bond donors (Lipinski definition) is 0. The summed E-state index contributed by atoms with van der Waals surface area (Å²) in [5.74, 6) is 0.297. The number of rotatable bonds is 2. The molecule has 1 aromatic carbocycles. The quantitative estimate of drug-likeness (QED) is 0.823. The number of carbonyl (C=O) groups excluding carboxylic acids is 1. The molecule has 0 amide bonds. The second kappa shape index (κ2) is 5.67. The molecule has 102 valence electrons. The van der Waals surface area contributed by atoms with E-state index in [1.165, 1.54) is 16.9 Å². The first-order chi connectivity index (χ1) is 9.70. The zero-order valence-corrected chi connectivity index (χ0v) is 12.2. The number of aryl methyl sites for hydroxylation is 1. The molecule has 20 heavy (non-hydrogen) atoms. The van der Waals surface area contributed by atoms with Crippen molar-refractivity contribution in [1.29, 1.82) is 0 Å². The summed E-state index contributed by atoms with van der Waals surface area (Å²) in [6.07, 6.45) is 3.05. The summed E-state index contributed by atoms with van der Waals surface area (Å²) in [5.41, 5.74) is 4.28. The van der Waals surface area contributed by atoms with E-state index in [0.29, 0.717) is 18.6 Å². The number of aromatic nitrogens is 1. The van der Waals surface area contributed by atoms with Gasteiger partial charge in [0.05, 0.1) is 5.69 Å². The molecule has 1 aliphatic rings. The minimum absolute atomic E-state index is 0.297. The number of ketones is 1. The van der Waals surface area contributed by atoms with E-state index in [0.717, 1.165) is 34.9 Å². The van der Waals surface area contributed by atoms with E-state index < -0.39 is 0 Å². The zero-order chi connectivity index (χ0) is 13.9. The highest BCUT2D eigenvalue weighted by Crippen LogP contribution is 2.28. The molecule has 3 nitrogen and oxygen atoms in total. The Hall–Kier alpha value is -1.81. The van der Waals surface area contributed by atoms with Crippen molar-refractivity contribution in [3.63, 3.8) is 0 Å². The molecule has 0 atom stereocenters. The molecule has 1 fully saturated rings. The monoisotopic (exact) mass is 284 g/mol. The number of nitrogens with zero attached hydrogens (tertiary/aromatic N) is 2. The smallest absolute Gasteiger partial charge is 0.209 e. The van der Waals surface area contributed by atoms with Crippen molar-refractivity contribution in [2.45, 2.75) is 32.6 Å². The van der Waals surface area contributed by atoms with Crippen LogP contribution in [0.15, 0.2) is 34.6 Å². The van der Waals surface area contributed by atoms with Crippen LogP contribution in [0.3, 0.4) is 0 Å². The van der Waals surface area contributed by atoms with E-state index in [4.69, 9.17) is 0 Å². The van der Waals surface area contributed by atoms with Crippen molar-refractivity contribution in [2.75, 3.05) is 0 Å². The lowest BCUT2D eigenvalue weighted by Gasteiger charge is -2.10. The Kier molecular flexibility index (Phi) is 3.74. The molecule has 0 bridgehead atoms. The van der Waals surface area contributed by atoms with Crippen LogP contribution in [-0.4, -0.2) is 16.5 Å². The van der Waals surface area contributed by atoms with Gasteiger partial charge in [0.2, 0.25) is 5.13 Å². The van der Waals surface area contributed by atoms with E-state index in [2.05, 4.69) is 41.2 Å². The van der Waals surface area contributed by atoms with Crippen molar-refractivity contribution >= 4 is 28.0 Å². The normalized spacial score (nSPS) is 17.6. The largest absolute Gasteiger partial charge is 0.299 e. The second-order valence-electron chi connectivity index (χ2n) is 5.13. The van der Waals surface area contributed by atoms with Gasteiger partial charge in [-0.2, -0.15) is 0 Å². The van der Waals surface area contributed by atoms with Gasteiger partial charge in [-0.05, 0) is 19.8 Å². The first-order valence-electron chi connectivity index (χ1n) is 6.81. The highest BCUT2D eigenvalue weighted by Gasteiger charge is 2.15. The van der Waals surface area contributed by atoms with Gasteiger partial charge in [-0.3, -0.25) is 4.79 Å². The van der Waals surface area contributed by atoms with Gasteiger partial charge in [0.15, 0.2) is 0 Å². The molecule has 1 aromatic heterocycles. The Morgan fingerprint density at radius 1 is 1.20 bits per heavy atom. The predicted molar refractivity (Wildman–Crippen MR) is 82.9 cm³/mol. The Bertz CT molecular complexity index is 655. The fourth-order valence-corrected chi connectivity index (χ4v) is 3.04. The first-order valence-corrected chi connectivity index (χ1v) is 7.69. The maximum absolute atomic E-state index is 11.4. The fourth-order valence-electron chi connectivity index (χ4n) is 2.30. The average Bonchev–Trinajstić information content (AvgIpc) is 2.88.